The lowest BCUT2D eigenvalue weighted by Crippen LogP contribution is -2.42. The lowest BCUT2D eigenvalue weighted by atomic mass is 10.0. The minimum Gasteiger partial charge on any atom is -0.495 e. The molecule has 2 aromatic carbocycles. The zero-order valence-electron chi connectivity index (χ0n) is 25.8. The standard InChI is InChI=1S/C33H49N3O6S/c1-3-4-5-6-7-8-9-10-11-12-13-14-15-18-25-43(40,41)36-35-33(39)28-23-21-27(22-24-28)30(37)26-32(38)34-29-19-16-17-20-31(29)42-2/h16-17,19-24,36H,3-15,18,25-26H2,1-2H3,(H,34,38)(H,35,39). The van der Waals surface area contributed by atoms with Crippen molar-refractivity contribution in [3.05, 3.63) is 59.7 Å². The number of methoxy groups -OCH3 is 1. The molecule has 0 bridgehead atoms. The fourth-order valence-corrected chi connectivity index (χ4v) is 5.67. The molecule has 2 aromatic rings. The van der Waals surface area contributed by atoms with E-state index in [1.807, 2.05) is 0 Å². The van der Waals surface area contributed by atoms with Gasteiger partial charge < -0.3 is 10.1 Å². The number of carbonyl (C=O) groups is 3. The summed E-state index contributed by atoms with van der Waals surface area (Å²) in [6.07, 6.45) is 16.2. The second-order valence-electron chi connectivity index (χ2n) is 10.9. The Bertz CT molecular complexity index is 1230. The van der Waals surface area contributed by atoms with Crippen LogP contribution in [0.15, 0.2) is 48.5 Å². The number of benzene rings is 2. The number of Topliss-reactive ketones (excluding diaryl/α,β-unsaturated/α-hetero) is 1. The van der Waals surface area contributed by atoms with Gasteiger partial charge in [0.2, 0.25) is 15.9 Å². The number of amides is 2. The number of sulfonamides is 1. The van der Waals surface area contributed by atoms with Crippen LogP contribution in [0, 0.1) is 0 Å². The van der Waals surface area contributed by atoms with Crippen LogP contribution >= 0.6 is 0 Å². The van der Waals surface area contributed by atoms with Crippen LogP contribution in [-0.2, 0) is 14.8 Å². The summed E-state index contributed by atoms with van der Waals surface area (Å²) in [5.41, 5.74) is 3.11. The lowest BCUT2D eigenvalue weighted by molar-refractivity contribution is -0.115. The first-order valence-electron chi connectivity index (χ1n) is 15.6. The largest absolute Gasteiger partial charge is 0.495 e. The summed E-state index contributed by atoms with van der Waals surface area (Å²) in [7, 11) is -2.17. The Kier molecular flexibility index (Phi) is 17.2. The van der Waals surface area contributed by atoms with E-state index in [2.05, 4.69) is 22.5 Å². The number of unbranched alkanes of at least 4 members (excludes halogenated alkanes) is 13. The maximum absolute atomic E-state index is 12.5. The smallest absolute Gasteiger partial charge is 0.266 e. The van der Waals surface area contributed by atoms with E-state index >= 15 is 0 Å². The molecule has 0 radical (unpaired) electrons. The van der Waals surface area contributed by atoms with Gasteiger partial charge in [0.1, 0.15) is 5.75 Å². The van der Waals surface area contributed by atoms with Crippen LogP contribution in [0.25, 0.3) is 0 Å². The Morgan fingerprint density at radius 1 is 0.698 bits per heavy atom. The van der Waals surface area contributed by atoms with Crippen molar-refractivity contribution in [2.75, 3.05) is 18.2 Å². The van der Waals surface area contributed by atoms with Crippen molar-refractivity contribution >= 4 is 33.3 Å². The Labute approximate surface area is 257 Å². The number of hydrogen-bond donors (Lipinski definition) is 3. The highest BCUT2D eigenvalue weighted by Gasteiger charge is 2.16. The van der Waals surface area contributed by atoms with Crippen LogP contribution in [0.1, 0.15) is 124 Å². The molecule has 0 unspecified atom stereocenters. The Morgan fingerprint density at radius 2 is 1.21 bits per heavy atom. The second kappa shape index (κ2) is 20.6. The first-order valence-corrected chi connectivity index (χ1v) is 17.3. The van der Waals surface area contributed by atoms with Gasteiger partial charge in [-0.1, -0.05) is 115 Å². The van der Waals surface area contributed by atoms with Gasteiger partial charge in [0, 0.05) is 11.1 Å². The van der Waals surface area contributed by atoms with Gasteiger partial charge in [0.15, 0.2) is 5.78 Å². The number of hydrogen-bond acceptors (Lipinski definition) is 6. The molecule has 9 nitrogen and oxygen atoms in total. The lowest BCUT2D eigenvalue weighted by Gasteiger charge is -2.10. The fourth-order valence-electron chi connectivity index (χ4n) is 4.73. The molecule has 0 atom stereocenters. The topological polar surface area (TPSA) is 131 Å². The third-order valence-corrected chi connectivity index (χ3v) is 8.50. The molecule has 0 aromatic heterocycles. The third kappa shape index (κ3) is 15.2. The predicted molar refractivity (Wildman–Crippen MR) is 172 cm³/mol. The third-order valence-electron chi connectivity index (χ3n) is 7.26. The zero-order valence-corrected chi connectivity index (χ0v) is 26.6. The molecular formula is C33H49N3O6S. The number of hydrazine groups is 1. The van der Waals surface area contributed by atoms with Gasteiger partial charge in [-0.25, -0.2) is 8.42 Å². The van der Waals surface area contributed by atoms with Crippen molar-refractivity contribution in [3.63, 3.8) is 0 Å². The van der Waals surface area contributed by atoms with Crippen molar-refractivity contribution in [1.82, 2.24) is 10.3 Å². The molecule has 0 saturated carbocycles. The van der Waals surface area contributed by atoms with Crippen LogP contribution in [0.2, 0.25) is 0 Å². The molecule has 2 amide bonds. The molecule has 238 valence electrons. The van der Waals surface area contributed by atoms with Crippen molar-refractivity contribution in [2.45, 2.75) is 103 Å². The minimum atomic E-state index is -3.66. The van der Waals surface area contributed by atoms with Gasteiger partial charge in [-0.3, -0.25) is 19.8 Å². The maximum atomic E-state index is 12.5. The average Bonchev–Trinajstić information content (AvgIpc) is 3.00. The molecule has 0 fully saturated rings. The summed E-state index contributed by atoms with van der Waals surface area (Å²) in [4.78, 5) is 39.4. The number of rotatable bonds is 23. The first-order chi connectivity index (χ1) is 20.8. The van der Waals surface area contributed by atoms with Gasteiger partial charge in [-0.2, -0.15) is 0 Å². The number of carbonyl (C=O) groups excluding carboxylic acids is 3. The highest BCUT2D eigenvalue weighted by molar-refractivity contribution is 7.89. The quantitative estimate of drug-likeness (QED) is 0.0537. The van der Waals surface area contributed by atoms with Crippen LogP contribution in [0.5, 0.6) is 5.75 Å². The molecule has 0 saturated heterocycles. The van der Waals surface area contributed by atoms with E-state index in [9.17, 15) is 22.8 Å². The Hall–Kier alpha value is -3.24. The molecule has 0 aliphatic rings. The average molecular weight is 616 g/mol. The van der Waals surface area contributed by atoms with Crippen molar-refractivity contribution in [3.8, 4) is 5.75 Å². The molecule has 10 heteroatoms. The monoisotopic (exact) mass is 615 g/mol. The molecule has 0 aliphatic heterocycles. The van der Waals surface area contributed by atoms with E-state index in [1.54, 1.807) is 24.3 Å². The molecule has 0 spiro atoms. The number of ketones is 1. The first kappa shape index (κ1) is 36.0. The van der Waals surface area contributed by atoms with Gasteiger partial charge >= 0.3 is 0 Å². The van der Waals surface area contributed by atoms with E-state index in [0.717, 1.165) is 19.3 Å². The summed E-state index contributed by atoms with van der Waals surface area (Å²) in [5, 5.41) is 2.65. The highest BCUT2D eigenvalue weighted by Crippen LogP contribution is 2.23. The van der Waals surface area contributed by atoms with E-state index in [-0.39, 0.29) is 23.3 Å². The Balaban J connectivity index is 1.60. The molecular weight excluding hydrogens is 566 g/mol. The SMILES string of the molecule is CCCCCCCCCCCCCCCCS(=O)(=O)NNC(=O)c1ccc(C(=O)CC(=O)Nc2ccccc2OC)cc1. The van der Waals surface area contributed by atoms with Crippen LogP contribution < -0.4 is 20.3 Å². The number of nitrogens with one attached hydrogen (secondary N) is 3. The number of ether oxygens (including phenoxy) is 1. The van der Waals surface area contributed by atoms with E-state index in [0.29, 0.717) is 17.9 Å². The van der Waals surface area contributed by atoms with Crippen molar-refractivity contribution in [2.24, 2.45) is 0 Å². The number of para-hydroxylation sites is 2. The Morgan fingerprint density at radius 3 is 1.77 bits per heavy atom. The van der Waals surface area contributed by atoms with Gasteiger partial charge in [-0.15, -0.1) is 4.83 Å². The summed E-state index contributed by atoms with van der Waals surface area (Å²) >= 11 is 0. The van der Waals surface area contributed by atoms with Crippen LogP contribution in [0.4, 0.5) is 5.69 Å². The second-order valence-corrected chi connectivity index (χ2v) is 12.7. The molecule has 0 heterocycles. The summed E-state index contributed by atoms with van der Waals surface area (Å²) in [5.74, 6) is -1.14. The summed E-state index contributed by atoms with van der Waals surface area (Å²) < 4.78 is 29.8. The van der Waals surface area contributed by atoms with Gasteiger partial charge in [0.05, 0.1) is 25.0 Å². The molecule has 2 rings (SSSR count). The zero-order chi connectivity index (χ0) is 31.3. The van der Waals surface area contributed by atoms with Crippen molar-refractivity contribution in [1.29, 1.82) is 0 Å². The predicted octanol–water partition coefficient (Wildman–Crippen LogP) is 6.95. The van der Waals surface area contributed by atoms with Gasteiger partial charge in [-0.05, 0) is 30.7 Å². The van der Waals surface area contributed by atoms with Gasteiger partial charge in [0.25, 0.3) is 5.91 Å². The summed E-state index contributed by atoms with van der Waals surface area (Å²) in [6.45, 7) is 2.24. The normalized spacial score (nSPS) is 11.2. The van der Waals surface area contributed by atoms with E-state index in [4.69, 9.17) is 4.74 Å². The highest BCUT2D eigenvalue weighted by atomic mass is 32.2. The van der Waals surface area contributed by atoms with Crippen LogP contribution in [0.3, 0.4) is 0 Å². The van der Waals surface area contributed by atoms with Crippen LogP contribution in [-0.4, -0.2) is 38.9 Å². The number of anilines is 1. The molecule has 43 heavy (non-hydrogen) atoms. The van der Waals surface area contributed by atoms with Crippen molar-refractivity contribution < 1.29 is 27.5 Å². The minimum absolute atomic E-state index is 0.0599. The fraction of sp³-hybridized carbons (Fsp3) is 0.545. The van der Waals surface area contributed by atoms with E-state index < -0.39 is 27.6 Å². The maximum Gasteiger partial charge on any atom is 0.266 e. The molecule has 0 aliphatic carbocycles. The molecule has 3 N–H and O–H groups in total. The summed E-state index contributed by atoms with van der Waals surface area (Å²) in [6, 6.07) is 12.5. The van der Waals surface area contributed by atoms with E-state index in [1.165, 1.54) is 95.6 Å².